The third-order valence-corrected chi connectivity index (χ3v) is 3.49. The smallest absolute Gasteiger partial charge is 0.141 e. The van der Waals surface area contributed by atoms with Crippen LogP contribution in [0.5, 0.6) is 0 Å². The molecule has 1 fully saturated rings. The molecule has 0 aromatic carbocycles. The highest BCUT2D eigenvalue weighted by Crippen LogP contribution is 2.29. The quantitative estimate of drug-likeness (QED) is 0.844. The molecule has 2 aromatic rings. The average molecular weight is 221 g/mol. The van der Waals surface area contributed by atoms with Gasteiger partial charge in [-0.3, -0.25) is 5.10 Å². The molecule has 78 valence electrons. The maximum atomic E-state index is 5.36. The molecule has 1 saturated heterocycles. The third kappa shape index (κ3) is 1.68. The molecule has 0 radical (unpaired) electrons. The summed E-state index contributed by atoms with van der Waals surface area (Å²) in [5.41, 5.74) is 2.15. The van der Waals surface area contributed by atoms with Gasteiger partial charge < -0.3 is 4.74 Å². The van der Waals surface area contributed by atoms with E-state index in [0.717, 1.165) is 36.0 Å². The Kier molecular flexibility index (Phi) is 2.26. The lowest BCUT2D eigenvalue weighted by Crippen LogP contribution is -1.97. The lowest BCUT2D eigenvalue weighted by Gasteiger charge is -2.00. The Hall–Kier alpha value is -1.20. The molecular weight excluding hydrogens is 210 g/mol. The summed E-state index contributed by atoms with van der Waals surface area (Å²) in [6.07, 6.45) is 2.83. The Labute approximate surface area is 91.3 Å². The van der Waals surface area contributed by atoms with Crippen molar-refractivity contribution < 1.29 is 4.74 Å². The molecule has 0 aliphatic carbocycles. The number of ether oxygens (including phenoxy) is 1. The van der Waals surface area contributed by atoms with Crippen LogP contribution in [0.4, 0.5) is 0 Å². The normalized spacial score (nSPS) is 20.9. The second-order valence-corrected chi connectivity index (χ2v) is 4.47. The van der Waals surface area contributed by atoms with E-state index in [2.05, 4.69) is 20.6 Å². The molecule has 4 nitrogen and oxygen atoms in total. The van der Waals surface area contributed by atoms with Crippen molar-refractivity contribution in [3.05, 3.63) is 23.3 Å². The molecule has 3 heterocycles. The van der Waals surface area contributed by atoms with Gasteiger partial charge in [0.2, 0.25) is 0 Å². The monoisotopic (exact) mass is 221 g/mol. The lowest BCUT2D eigenvalue weighted by atomic mass is 10.1. The minimum atomic E-state index is 0.484. The number of thiazole rings is 1. The topological polar surface area (TPSA) is 50.8 Å². The number of hydrogen-bond acceptors (Lipinski definition) is 4. The van der Waals surface area contributed by atoms with Gasteiger partial charge in [-0.15, -0.1) is 11.3 Å². The molecule has 15 heavy (non-hydrogen) atoms. The third-order valence-electron chi connectivity index (χ3n) is 2.60. The summed E-state index contributed by atoms with van der Waals surface area (Å²) in [6, 6.07) is 1.94. The van der Waals surface area contributed by atoms with Crippen molar-refractivity contribution in [2.45, 2.75) is 12.3 Å². The van der Waals surface area contributed by atoms with Crippen molar-refractivity contribution >= 4 is 11.3 Å². The fourth-order valence-electron chi connectivity index (χ4n) is 1.74. The summed E-state index contributed by atoms with van der Waals surface area (Å²) in [5, 5.41) is 9.98. The van der Waals surface area contributed by atoms with Gasteiger partial charge in [0.05, 0.1) is 18.0 Å². The largest absolute Gasteiger partial charge is 0.381 e. The maximum Gasteiger partial charge on any atom is 0.141 e. The van der Waals surface area contributed by atoms with Crippen molar-refractivity contribution in [1.29, 1.82) is 0 Å². The fourth-order valence-corrected chi connectivity index (χ4v) is 2.62. The first kappa shape index (κ1) is 9.06. The van der Waals surface area contributed by atoms with Gasteiger partial charge in [-0.25, -0.2) is 4.98 Å². The molecule has 5 heteroatoms. The zero-order valence-electron chi connectivity index (χ0n) is 8.14. The van der Waals surface area contributed by atoms with Gasteiger partial charge in [0.1, 0.15) is 5.01 Å². The van der Waals surface area contributed by atoms with E-state index in [9.17, 15) is 0 Å². The van der Waals surface area contributed by atoms with Crippen LogP contribution in [-0.4, -0.2) is 28.4 Å². The first-order valence-electron chi connectivity index (χ1n) is 4.96. The second-order valence-electron chi connectivity index (χ2n) is 3.61. The van der Waals surface area contributed by atoms with Gasteiger partial charge in [0.25, 0.3) is 0 Å². The zero-order chi connectivity index (χ0) is 10.1. The number of aromatic amines is 1. The van der Waals surface area contributed by atoms with Crippen molar-refractivity contribution in [2.75, 3.05) is 13.2 Å². The molecule has 1 aliphatic heterocycles. The van der Waals surface area contributed by atoms with E-state index in [0.29, 0.717) is 5.92 Å². The number of hydrogen-bond donors (Lipinski definition) is 1. The van der Waals surface area contributed by atoms with Crippen LogP contribution >= 0.6 is 11.3 Å². The summed E-state index contributed by atoms with van der Waals surface area (Å²) in [7, 11) is 0. The van der Waals surface area contributed by atoms with E-state index in [1.807, 2.05) is 6.07 Å². The Morgan fingerprint density at radius 1 is 1.53 bits per heavy atom. The van der Waals surface area contributed by atoms with Crippen molar-refractivity contribution in [1.82, 2.24) is 15.2 Å². The van der Waals surface area contributed by atoms with Crippen LogP contribution in [0.25, 0.3) is 10.7 Å². The Morgan fingerprint density at radius 3 is 3.27 bits per heavy atom. The number of aromatic nitrogens is 3. The van der Waals surface area contributed by atoms with E-state index >= 15 is 0 Å². The molecule has 1 unspecified atom stereocenters. The Bertz CT molecular complexity index is 431. The van der Waals surface area contributed by atoms with Crippen LogP contribution < -0.4 is 0 Å². The standard InChI is InChI=1S/C10H11N3OS/c1-3-11-13-8(1)10-12-9(6-15-10)7-2-4-14-5-7/h1,3,6-7H,2,4-5H2,(H,11,13). The maximum absolute atomic E-state index is 5.36. The summed E-state index contributed by atoms with van der Waals surface area (Å²) in [4.78, 5) is 4.60. The molecule has 0 bridgehead atoms. The van der Waals surface area contributed by atoms with Crippen LogP contribution in [0.3, 0.4) is 0 Å². The van der Waals surface area contributed by atoms with Crippen LogP contribution in [0, 0.1) is 0 Å². The molecule has 1 N–H and O–H groups in total. The Balaban J connectivity index is 1.87. The van der Waals surface area contributed by atoms with E-state index in [1.165, 1.54) is 0 Å². The van der Waals surface area contributed by atoms with Crippen LogP contribution in [-0.2, 0) is 4.74 Å². The Morgan fingerprint density at radius 2 is 2.53 bits per heavy atom. The molecule has 1 atom stereocenters. The zero-order valence-corrected chi connectivity index (χ0v) is 8.96. The predicted octanol–water partition coefficient (Wildman–Crippen LogP) is 2.04. The van der Waals surface area contributed by atoms with Crippen molar-refractivity contribution in [2.24, 2.45) is 0 Å². The minimum absolute atomic E-state index is 0.484. The summed E-state index contributed by atoms with van der Waals surface area (Å²) in [6.45, 7) is 1.67. The van der Waals surface area contributed by atoms with E-state index < -0.39 is 0 Å². The SMILES string of the molecule is c1cc(-c2nc(C3CCOC3)cs2)[nH]n1. The van der Waals surface area contributed by atoms with Crippen LogP contribution in [0.15, 0.2) is 17.6 Å². The first-order valence-corrected chi connectivity index (χ1v) is 5.84. The molecule has 0 spiro atoms. The highest BCUT2D eigenvalue weighted by atomic mass is 32.1. The number of nitrogens with zero attached hydrogens (tertiary/aromatic N) is 2. The van der Waals surface area contributed by atoms with Gasteiger partial charge in [-0.2, -0.15) is 5.10 Å². The lowest BCUT2D eigenvalue weighted by molar-refractivity contribution is 0.193. The van der Waals surface area contributed by atoms with E-state index in [4.69, 9.17) is 4.74 Å². The van der Waals surface area contributed by atoms with E-state index in [1.54, 1.807) is 17.5 Å². The van der Waals surface area contributed by atoms with Gasteiger partial charge in [0.15, 0.2) is 0 Å². The first-order chi connectivity index (χ1) is 7.43. The summed E-state index contributed by atoms with van der Waals surface area (Å²) < 4.78 is 5.36. The minimum Gasteiger partial charge on any atom is -0.381 e. The van der Waals surface area contributed by atoms with Crippen LogP contribution in [0.1, 0.15) is 18.0 Å². The van der Waals surface area contributed by atoms with Crippen molar-refractivity contribution in [3.63, 3.8) is 0 Å². The molecule has 3 rings (SSSR count). The second kappa shape index (κ2) is 3.75. The molecule has 1 aliphatic rings. The average Bonchev–Trinajstić information content (AvgIpc) is 3.02. The molecular formula is C10H11N3OS. The predicted molar refractivity (Wildman–Crippen MR) is 57.9 cm³/mol. The summed E-state index contributed by atoms with van der Waals surface area (Å²) in [5.74, 6) is 0.484. The van der Waals surface area contributed by atoms with Gasteiger partial charge in [0, 0.05) is 24.1 Å². The highest BCUT2D eigenvalue weighted by molar-refractivity contribution is 7.13. The van der Waals surface area contributed by atoms with Gasteiger partial charge >= 0.3 is 0 Å². The number of nitrogens with one attached hydrogen (secondary N) is 1. The number of H-pyrrole nitrogens is 1. The highest BCUT2D eigenvalue weighted by Gasteiger charge is 2.20. The summed E-state index contributed by atoms with van der Waals surface area (Å²) >= 11 is 1.66. The van der Waals surface area contributed by atoms with Gasteiger partial charge in [-0.1, -0.05) is 0 Å². The number of rotatable bonds is 2. The molecule has 0 amide bonds. The van der Waals surface area contributed by atoms with Gasteiger partial charge in [-0.05, 0) is 12.5 Å². The molecule has 0 saturated carbocycles. The van der Waals surface area contributed by atoms with Crippen molar-refractivity contribution in [3.8, 4) is 10.7 Å². The fraction of sp³-hybridized carbons (Fsp3) is 0.400. The van der Waals surface area contributed by atoms with Crippen LogP contribution in [0.2, 0.25) is 0 Å². The van der Waals surface area contributed by atoms with E-state index in [-0.39, 0.29) is 0 Å². The molecule has 2 aromatic heterocycles.